The summed E-state index contributed by atoms with van der Waals surface area (Å²) in [6, 6.07) is 0. The van der Waals surface area contributed by atoms with Crippen molar-refractivity contribution in [2.24, 2.45) is 23.7 Å². The van der Waals surface area contributed by atoms with E-state index in [0.29, 0.717) is 31.6 Å². The Balaban J connectivity index is 5.24. The molecule has 3 N–H and O–H groups in total. The molecule has 17 nitrogen and oxygen atoms in total. The number of carbonyl (C=O) groups excluding carboxylic acids is 4. The number of carbonyl (C=O) groups is 4. The summed E-state index contributed by atoms with van der Waals surface area (Å²) in [7, 11) is -9.92. The number of hydrogen-bond donors (Lipinski definition) is 3. The molecule has 0 amide bonds. The lowest BCUT2D eigenvalue weighted by atomic mass is 10.0. The van der Waals surface area contributed by atoms with Gasteiger partial charge in [-0.1, -0.05) is 351 Å². The molecule has 0 saturated carbocycles. The third kappa shape index (κ3) is 72.4. The van der Waals surface area contributed by atoms with Gasteiger partial charge in [0.25, 0.3) is 0 Å². The number of aliphatic hydroxyl groups is 1. The van der Waals surface area contributed by atoms with Gasteiger partial charge in [0.05, 0.1) is 26.4 Å². The monoisotopic (exact) mass is 1440 g/mol. The topological polar surface area (TPSA) is 237 Å². The van der Waals surface area contributed by atoms with Crippen LogP contribution in [0.25, 0.3) is 0 Å². The maximum Gasteiger partial charge on any atom is 0.472 e. The van der Waals surface area contributed by atoms with Crippen LogP contribution in [0.2, 0.25) is 0 Å². The van der Waals surface area contributed by atoms with Crippen LogP contribution in [0, 0.1) is 23.7 Å². The van der Waals surface area contributed by atoms with Gasteiger partial charge in [0.1, 0.15) is 19.3 Å². The average Bonchev–Trinajstić information content (AvgIpc) is 1.28. The molecule has 0 bridgehead atoms. The third-order valence-electron chi connectivity index (χ3n) is 18.3. The molecule has 0 aromatic carbocycles. The van der Waals surface area contributed by atoms with Gasteiger partial charge in [-0.2, -0.15) is 0 Å². The van der Waals surface area contributed by atoms with Gasteiger partial charge in [-0.25, -0.2) is 9.13 Å². The second-order valence-electron chi connectivity index (χ2n) is 30.4. The van der Waals surface area contributed by atoms with Gasteiger partial charge in [-0.3, -0.25) is 37.3 Å². The van der Waals surface area contributed by atoms with Crippen LogP contribution in [0.5, 0.6) is 0 Å². The van der Waals surface area contributed by atoms with E-state index >= 15 is 0 Å². The minimum absolute atomic E-state index is 0.107. The van der Waals surface area contributed by atoms with Crippen LogP contribution in [-0.4, -0.2) is 96.7 Å². The van der Waals surface area contributed by atoms with Crippen LogP contribution in [0.3, 0.4) is 0 Å². The molecular formula is C79H154O17P2. The Morgan fingerprint density at radius 3 is 0.633 bits per heavy atom. The molecule has 0 saturated heterocycles. The van der Waals surface area contributed by atoms with E-state index in [2.05, 4.69) is 55.4 Å². The van der Waals surface area contributed by atoms with Crippen LogP contribution < -0.4 is 0 Å². The molecule has 0 aromatic rings. The van der Waals surface area contributed by atoms with Gasteiger partial charge >= 0.3 is 39.5 Å². The predicted molar refractivity (Wildman–Crippen MR) is 400 cm³/mol. The first kappa shape index (κ1) is 96.1. The van der Waals surface area contributed by atoms with Crippen molar-refractivity contribution in [3.05, 3.63) is 0 Å². The number of rotatable bonds is 76. The van der Waals surface area contributed by atoms with Crippen molar-refractivity contribution >= 4 is 39.5 Å². The van der Waals surface area contributed by atoms with Crippen LogP contribution in [0.15, 0.2) is 0 Å². The summed E-state index contributed by atoms with van der Waals surface area (Å²) >= 11 is 0. The van der Waals surface area contributed by atoms with Crippen LogP contribution in [-0.2, 0) is 65.4 Å². The number of ether oxygens (including phenoxy) is 4. The number of hydrogen-bond acceptors (Lipinski definition) is 15. The SMILES string of the molecule is CC(C)CCCCCCCCCCCCCCCCCC(=O)O[C@H](COC(=O)CCCCCCCCCC(C)C)COP(=O)(O)OCC(O)COP(=O)(O)OC[C@@H](COC(=O)CCCCCCCCCCCCCC(C)C)OC(=O)CCCCCCCCCCCCCCCC(C)C. The highest BCUT2D eigenvalue weighted by atomic mass is 31.2. The van der Waals surface area contributed by atoms with Crippen LogP contribution in [0.1, 0.15) is 402 Å². The highest BCUT2D eigenvalue weighted by Crippen LogP contribution is 2.45. The van der Waals surface area contributed by atoms with Gasteiger partial charge in [-0.05, 0) is 49.4 Å². The highest BCUT2D eigenvalue weighted by molar-refractivity contribution is 7.47. The van der Waals surface area contributed by atoms with Gasteiger partial charge in [-0.15, -0.1) is 0 Å². The lowest BCUT2D eigenvalue weighted by Crippen LogP contribution is -2.30. The first-order valence-corrected chi connectivity index (χ1v) is 43.7. The molecule has 0 spiro atoms. The number of phosphoric ester groups is 2. The average molecular weight is 1440 g/mol. The predicted octanol–water partition coefficient (Wildman–Crippen LogP) is 23.2. The molecule has 0 aromatic heterocycles. The summed E-state index contributed by atoms with van der Waals surface area (Å²) in [5, 5.41) is 10.6. The van der Waals surface area contributed by atoms with Crippen LogP contribution in [0.4, 0.5) is 0 Å². The maximum absolute atomic E-state index is 13.1. The molecule has 0 heterocycles. The lowest BCUT2D eigenvalue weighted by Gasteiger charge is -2.21. The Kier molecular flexibility index (Phi) is 66.8. The standard InChI is InChI=1S/C79H154O17P2/c1-69(2)55-47-39-31-24-18-13-10-9-11-15-21-28-36-45-53-61-79(84)96-75(66-90-77(82)60-52-44-38-30-34-42-50-58-72(7)8)68-94-98(87,88)92-64-73(80)63-91-97(85,86)93-67-74(65-89-76(81)59-51-43-35-27-23-17-20-26-33-41-49-57-71(5)6)95-78(83)62-54-46-37-29-22-16-12-14-19-25-32-40-48-56-70(3)4/h69-75,80H,9-68H2,1-8H3,(H,85,86)(H,87,88)/t73?,74-,75-/m1/s1. The molecule has 0 radical (unpaired) electrons. The van der Waals surface area contributed by atoms with E-state index in [4.69, 9.17) is 37.0 Å². The number of esters is 4. The van der Waals surface area contributed by atoms with Crippen molar-refractivity contribution in [1.29, 1.82) is 0 Å². The van der Waals surface area contributed by atoms with Crippen LogP contribution >= 0.6 is 15.6 Å². The zero-order valence-electron chi connectivity index (χ0n) is 64.4. The van der Waals surface area contributed by atoms with E-state index in [-0.39, 0.29) is 25.7 Å². The first-order valence-electron chi connectivity index (χ1n) is 40.7. The Bertz CT molecular complexity index is 1920. The van der Waals surface area contributed by atoms with Gasteiger partial charge in [0.15, 0.2) is 12.2 Å². The zero-order chi connectivity index (χ0) is 72.4. The summed E-state index contributed by atoms with van der Waals surface area (Å²) in [4.78, 5) is 72.9. The third-order valence-corrected chi connectivity index (χ3v) is 20.2. The van der Waals surface area contributed by atoms with E-state index in [1.165, 1.54) is 199 Å². The molecule has 19 heteroatoms. The fourth-order valence-electron chi connectivity index (χ4n) is 12.1. The second kappa shape index (κ2) is 68.2. The molecule has 5 atom stereocenters. The molecular weight excluding hydrogens is 1280 g/mol. The van der Waals surface area contributed by atoms with Crippen molar-refractivity contribution in [2.45, 2.75) is 420 Å². The Morgan fingerprint density at radius 2 is 0.429 bits per heavy atom. The zero-order valence-corrected chi connectivity index (χ0v) is 66.2. The fraction of sp³-hybridized carbons (Fsp3) is 0.949. The minimum Gasteiger partial charge on any atom is -0.462 e. The lowest BCUT2D eigenvalue weighted by molar-refractivity contribution is -0.161. The summed E-state index contributed by atoms with van der Waals surface area (Å²) in [5.41, 5.74) is 0. The largest absolute Gasteiger partial charge is 0.472 e. The Labute approximate surface area is 600 Å². The molecule has 0 rings (SSSR count). The Morgan fingerprint density at radius 1 is 0.255 bits per heavy atom. The maximum atomic E-state index is 13.1. The summed E-state index contributed by atoms with van der Waals surface area (Å²) in [6.45, 7) is 14.2. The molecule has 3 unspecified atom stereocenters. The van der Waals surface area contributed by atoms with Crippen molar-refractivity contribution in [3.63, 3.8) is 0 Å². The molecule has 0 aliphatic heterocycles. The van der Waals surface area contributed by atoms with E-state index in [0.717, 1.165) is 114 Å². The fourth-order valence-corrected chi connectivity index (χ4v) is 13.7. The number of aliphatic hydroxyl groups excluding tert-OH is 1. The summed E-state index contributed by atoms with van der Waals surface area (Å²) in [6.07, 6.45) is 54.1. The number of unbranched alkanes of at least 4 members (excludes halogenated alkanes) is 42. The molecule has 0 aliphatic rings. The van der Waals surface area contributed by atoms with Gasteiger partial charge < -0.3 is 33.8 Å². The van der Waals surface area contributed by atoms with E-state index in [1.807, 2.05) is 0 Å². The van der Waals surface area contributed by atoms with Crippen molar-refractivity contribution in [3.8, 4) is 0 Å². The molecule has 0 fully saturated rings. The summed E-state index contributed by atoms with van der Waals surface area (Å²) < 4.78 is 68.6. The molecule has 582 valence electrons. The minimum atomic E-state index is -4.96. The quantitative estimate of drug-likeness (QED) is 0.0222. The molecule has 0 aliphatic carbocycles. The van der Waals surface area contributed by atoms with E-state index in [1.54, 1.807) is 0 Å². The van der Waals surface area contributed by atoms with Gasteiger partial charge in [0, 0.05) is 25.7 Å². The number of phosphoric acid groups is 2. The summed E-state index contributed by atoms with van der Waals surface area (Å²) in [5.74, 6) is 0.949. The first-order chi connectivity index (χ1) is 47.1. The highest BCUT2D eigenvalue weighted by Gasteiger charge is 2.30. The second-order valence-corrected chi connectivity index (χ2v) is 33.3. The van der Waals surface area contributed by atoms with E-state index in [9.17, 15) is 43.2 Å². The van der Waals surface area contributed by atoms with Crippen molar-refractivity contribution < 1.29 is 80.2 Å². The molecule has 98 heavy (non-hydrogen) atoms. The van der Waals surface area contributed by atoms with Crippen molar-refractivity contribution in [2.75, 3.05) is 39.6 Å². The Hall–Kier alpha value is -1.94. The normalized spacial score (nSPS) is 14.1. The van der Waals surface area contributed by atoms with Crippen molar-refractivity contribution in [1.82, 2.24) is 0 Å². The smallest absolute Gasteiger partial charge is 0.462 e. The van der Waals surface area contributed by atoms with E-state index < -0.39 is 97.5 Å². The van der Waals surface area contributed by atoms with Gasteiger partial charge in [0.2, 0.25) is 0 Å².